The van der Waals surface area contributed by atoms with Gasteiger partial charge in [-0.25, -0.2) is 0 Å². The summed E-state index contributed by atoms with van der Waals surface area (Å²) in [5.74, 6) is -0.161. The fraction of sp³-hybridized carbons (Fsp3) is 0.263. The molecular weight excluding hydrogens is 304 g/mol. The normalized spacial score (nSPS) is 20.6. The van der Waals surface area contributed by atoms with Crippen molar-refractivity contribution in [3.05, 3.63) is 68.6 Å². The third kappa shape index (κ3) is 2.24. The SMILES string of the molecule is CC1/C(=C\c2ccccc2N)Cn2c1cc1c(c2=O)COC(=O)C1. The summed E-state index contributed by atoms with van der Waals surface area (Å²) in [4.78, 5) is 24.2. The molecule has 24 heavy (non-hydrogen) atoms. The summed E-state index contributed by atoms with van der Waals surface area (Å²) in [6.07, 6.45) is 2.24. The lowest BCUT2D eigenvalue weighted by Crippen LogP contribution is -2.30. The molecule has 0 spiro atoms. The molecule has 0 amide bonds. The number of aromatic nitrogens is 1. The van der Waals surface area contributed by atoms with E-state index < -0.39 is 0 Å². The second-order valence-electron chi connectivity index (χ2n) is 6.37. The molecule has 2 aliphatic heterocycles. The predicted octanol–water partition coefficient (Wildman–Crippen LogP) is 2.23. The molecule has 2 aliphatic rings. The maximum absolute atomic E-state index is 12.7. The zero-order valence-electron chi connectivity index (χ0n) is 13.4. The summed E-state index contributed by atoms with van der Waals surface area (Å²) in [5.41, 5.74) is 11.2. The van der Waals surface area contributed by atoms with Gasteiger partial charge in [-0.3, -0.25) is 9.59 Å². The average Bonchev–Trinajstić information content (AvgIpc) is 2.87. The molecule has 2 aromatic rings. The summed E-state index contributed by atoms with van der Waals surface area (Å²) in [6, 6.07) is 9.67. The molecule has 0 radical (unpaired) electrons. The fourth-order valence-electron chi connectivity index (χ4n) is 3.48. The first kappa shape index (κ1) is 14.8. The van der Waals surface area contributed by atoms with E-state index in [0.29, 0.717) is 12.1 Å². The number of esters is 1. The van der Waals surface area contributed by atoms with E-state index in [0.717, 1.165) is 28.1 Å². The van der Waals surface area contributed by atoms with Crippen molar-refractivity contribution in [2.75, 3.05) is 5.73 Å². The molecule has 1 aromatic heterocycles. The smallest absolute Gasteiger partial charge is 0.310 e. The van der Waals surface area contributed by atoms with Crippen LogP contribution in [0.2, 0.25) is 0 Å². The van der Waals surface area contributed by atoms with Crippen molar-refractivity contribution in [2.24, 2.45) is 0 Å². The predicted molar refractivity (Wildman–Crippen MR) is 91.4 cm³/mol. The molecule has 0 fully saturated rings. The highest BCUT2D eigenvalue weighted by molar-refractivity contribution is 5.75. The molecule has 2 N–H and O–H groups in total. The minimum atomic E-state index is -0.273. The molecule has 1 unspecified atom stereocenters. The van der Waals surface area contributed by atoms with E-state index in [4.69, 9.17) is 10.5 Å². The summed E-state index contributed by atoms with van der Waals surface area (Å²) >= 11 is 0. The Balaban J connectivity index is 1.79. The van der Waals surface area contributed by atoms with E-state index in [9.17, 15) is 9.59 Å². The van der Waals surface area contributed by atoms with Gasteiger partial charge >= 0.3 is 5.97 Å². The van der Waals surface area contributed by atoms with Crippen molar-refractivity contribution in [3.63, 3.8) is 0 Å². The molecule has 0 bridgehead atoms. The number of cyclic esters (lactones) is 1. The van der Waals surface area contributed by atoms with Gasteiger partial charge < -0.3 is 15.0 Å². The van der Waals surface area contributed by atoms with Crippen LogP contribution in [0.4, 0.5) is 5.69 Å². The lowest BCUT2D eigenvalue weighted by atomic mass is 9.96. The number of nitrogens with two attached hydrogens (primary N) is 1. The number of carbonyl (C=O) groups excluding carboxylic acids is 1. The van der Waals surface area contributed by atoms with Gasteiger partial charge in [-0.15, -0.1) is 0 Å². The van der Waals surface area contributed by atoms with Crippen LogP contribution in [0.5, 0.6) is 0 Å². The maximum atomic E-state index is 12.7. The summed E-state index contributed by atoms with van der Waals surface area (Å²) in [7, 11) is 0. The third-order valence-electron chi connectivity index (χ3n) is 4.91. The second kappa shape index (κ2) is 5.37. The highest BCUT2D eigenvalue weighted by atomic mass is 16.5. The Hall–Kier alpha value is -2.82. The van der Waals surface area contributed by atoms with Gasteiger partial charge in [0.05, 0.1) is 12.0 Å². The number of hydrogen-bond donors (Lipinski definition) is 1. The molecule has 122 valence electrons. The number of pyridine rings is 1. The van der Waals surface area contributed by atoms with E-state index in [1.54, 1.807) is 4.57 Å². The number of anilines is 1. The molecule has 5 heteroatoms. The quantitative estimate of drug-likeness (QED) is 0.645. The summed E-state index contributed by atoms with van der Waals surface area (Å²) in [6.45, 7) is 2.70. The number of benzene rings is 1. The van der Waals surface area contributed by atoms with Crippen molar-refractivity contribution < 1.29 is 9.53 Å². The van der Waals surface area contributed by atoms with E-state index in [1.165, 1.54) is 0 Å². The van der Waals surface area contributed by atoms with Crippen LogP contribution >= 0.6 is 0 Å². The van der Waals surface area contributed by atoms with Crippen LogP contribution in [-0.2, 0) is 29.1 Å². The van der Waals surface area contributed by atoms with Gasteiger partial charge in [0.1, 0.15) is 6.61 Å². The van der Waals surface area contributed by atoms with Gasteiger partial charge in [0, 0.05) is 23.8 Å². The Morgan fingerprint density at radius 2 is 2.08 bits per heavy atom. The molecular formula is C19H18N2O3. The van der Waals surface area contributed by atoms with Crippen molar-refractivity contribution in [1.82, 2.24) is 4.57 Å². The molecule has 0 saturated carbocycles. The number of carbonyl (C=O) groups is 1. The lowest BCUT2D eigenvalue weighted by molar-refractivity contribution is -0.145. The van der Waals surface area contributed by atoms with Gasteiger partial charge in [-0.05, 0) is 28.8 Å². The average molecular weight is 322 g/mol. The van der Waals surface area contributed by atoms with Crippen molar-refractivity contribution in [1.29, 1.82) is 0 Å². The highest BCUT2D eigenvalue weighted by Gasteiger charge is 2.29. The number of nitrogens with zero attached hydrogens (tertiary/aromatic N) is 1. The van der Waals surface area contributed by atoms with Crippen LogP contribution < -0.4 is 11.3 Å². The van der Waals surface area contributed by atoms with E-state index in [-0.39, 0.29) is 30.5 Å². The van der Waals surface area contributed by atoms with Crippen LogP contribution in [0.1, 0.15) is 35.2 Å². The molecule has 3 heterocycles. The third-order valence-corrected chi connectivity index (χ3v) is 4.91. The molecule has 1 atom stereocenters. The number of fused-ring (bicyclic) bond motifs is 2. The van der Waals surface area contributed by atoms with Crippen LogP contribution in [-0.4, -0.2) is 10.5 Å². The number of nitrogen functional groups attached to an aromatic ring is 1. The van der Waals surface area contributed by atoms with Crippen LogP contribution in [0, 0.1) is 0 Å². The maximum Gasteiger partial charge on any atom is 0.310 e. The Morgan fingerprint density at radius 3 is 2.88 bits per heavy atom. The lowest BCUT2D eigenvalue weighted by Gasteiger charge is -2.18. The number of hydrogen-bond acceptors (Lipinski definition) is 4. The zero-order valence-corrected chi connectivity index (χ0v) is 13.4. The Morgan fingerprint density at radius 1 is 1.29 bits per heavy atom. The minimum Gasteiger partial charge on any atom is -0.460 e. The Bertz CT molecular complexity index is 940. The van der Waals surface area contributed by atoms with Gasteiger partial charge in [-0.1, -0.05) is 31.2 Å². The number of rotatable bonds is 1. The first-order valence-corrected chi connectivity index (χ1v) is 8.00. The first-order chi connectivity index (χ1) is 11.5. The van der Waals surface area contributed by atoms with Gasteiger partial charge in [0.2, 0.25) is 0 Å². The monoisotopic (exact) mass is 322 g/mol. The minimum absolute atomic E-state index is 0.0497. The Kier molecular flexibility index (Phi) is 3.30. The number of para-hydroxylation sites is 1. The zero-order chi connectivity index (χ0) is 16.8. The van der Waals surface area contributed by atoms with Crippen LogP contribution in [0.15, 0.2) is 40.7 Å². The highest BCUT2D eigenvalue weighted by Crippen LogP contribution is 2.34. The van der Waals surface area contributed by atoms with E-state index >= 15 is 0 Å². The topological polar surface area (TPSA) is 74.3 Å². The Labute approximate surface area is 139 Å². The number of ether oxygens (including phenoxy) is 1. The standard InChI is InChI=1S/C19H18N2O3/c1-11-14(6-12-4-2-3-5-16(12)20)9-21-17(11)7-13-8-18(22)24-10-15(13)19(21)23/h2-7,11H,8-10,20H2,1H3/b14-6-. The number of allylic oxidation sites excluding steroid dienone is 1. The van der Waals surface area contributed by atoms with Gasteiger partial charge in [0.15, 0.2) is 0 Å². The first-order valence-electron chi connectivity index (χ1n) is 8.00. The van der Waals surface area contributed by atoms with Crippen molar-refractivity contribution in [3.8, 4) is 0 Å². The largest absolute Gasteiger partial charge is 0.460 e. The van der Waals surface area contributed by atoms with Gasteiger partial charge in [-0.2, -0.15) is 0 Å². The van der Waals surface area contributed by atoms with Crippen LogP contribution in [0.3, 0.4) is 0 Å². The summed E-state index contributed by atoms with van der Waals surface area (Å²) in [5, 5.41) is 0. The van der Waals surface area contributed by atoms with Crippen LogP contribution in [0.25, 0.3) is 6.08 Å². The van der Waals surface area contributed by atoms with Crippen molar-refractivity contribution in [2.45, 2.75) is 32.4 Å². The molecule has 0 aliphatic carbocycles. The van der Waals surface area contributed by atoms with E-state index in [2.05, 4.69) is 13.0 Å². The molecule has 1 aromatic carbocycles. The van der Waals surface area contributed by atoms with Crippen molar-refractivity contribution >= 4 is 17.7 Å². The second-order valence-corrected chi connectivity index (χ2v) is 6.37. The molecule has 5 nitrogen and oxygen atoms in total. The molecule has 0 saturated heterocycles. The molecule has 4 rings (SSSR count). The fourth-order valence-corrected chi connectivity index (χ4v) is 3.48. The van der Waals surface area contributed by atoms with Gasteiger partial charge in [0.25, 0.3) is 5.56 Å². The summed E-state index contributed by atoms with van der Waals surface area (Å²) < 4.78 is 6.81. The van der Waals surface area contributed by atoms with E-state index in [1.807, 2.05) is 30.3 Å².